The molecule has 0 radical (unpaired) electrons. The summed E-state index contributed by atoms with van der Waals surface area (Å²) < 4.78 is 0. The third kappa shape index (κ3) is 5.46. The molecule has 0 aliphatic rings. The molecule has 0 aromatic heterocycles. The molecule has 6 aromatic carbocycles. The van der Waals surface area contributed by atoms with Gasteiger partial charge in [0.2, 0.25) is 0 Å². The fraction of sp³-hybridized carbons (Fsp3) is 0.0244. The Morgan fingerprint density at radius 1 is 0.548 bits per heavy atom. The minimum absolute atomic E-state index is 1.05. The standard InChI is InChI=1S/C41H33N/c1-4-9-31(5-2)32-22-26-38(27-23-32)42(41-13-8-11-37-10-6-7-12-40(37)41)39-28-24-36(25-29-39)35-20-18-34(19-21-35)33-16-14-30(3)15-17-33/h4-29H,1-2H2,3H3/b31-9+. The first-order chi connectivity index (χ1) is 20.6. The number of fused-ring (bicyclic) bond motifs is 1. The van der Waals surface area contributed by atoms with Crippen LogP contribution in [-0.2, 0) is 0 Å². The Bertz CT molecular complexity index is 1870. The molecular formula is C41H33N. The monoisotopic (exact) mass is 539 g/mol. The average Bonchev–Trinajstić information content (AvgIpc) is 3.05. The molecule has 6 rings (SSSR count). The zero-order chi connectivity index (χ0) is 28.9. The molecule has 0 spiro atoms. The Kier molecular flexibility index (Phi) is 7.66. The number of hydrogen-bond donors (Lipinski definition) is 0. The highest BCUT2D eigenvalue weighted by molar-refractivity contribution is 5.99. The predicted octanol–water partition coefficient (Wildman–Crippen LogP) is 11.7. The Morgan fingerprint density at radius 2 is 1.05 bits per heavy atom. The summed E-state index contributed by atoms with van der Waals surface area (Å²) in [4.78, 5) is 2.33. The van der Waals surface area contributed by atoms with Crippen molar-refractivity contribution in [2.45, 2.75) is 6.92 Å². The van der Waals surface area contributed by atoms with Gasteiger partial charge < -0.3 is 4.90 Å². The molecular weight excluding hydrogens is 506 g/mol. The summed E-state index contributed by atoms with van der Waals surface area (Å²) in [6, 6.07) is 50.1. The first kappa shape index (κ1) is 26.8. The highest BCUT2D eigenvalue weighted by Gasteiger charge is 2.16. The van der Waals surface area contributed by atoms with Crippen LogP contribution in [0.1, 0.15) is 11.1 Å². The molecule has 1 nitrogen and oxygen atoms in total. The summed E-state index contributed by atoms with van der Waals surface area (Å²) in [5, 5.41) is 2.42. The maximum Gasteiger partial charge on any atom is 0.0540 e. The van der Waals surface area contributed by atoms with Crippen molar-refractivity contribution in [1.82, 2.24) is 0 Å². The maximum absolute atomic E-state index is 3.97. The molecule has 0 heterocycles. The Morgan fingerprint density at radius 3 is 1.62 bits per heavy atom. The van der Waals surface area contributed by atoms with Crippen LogP contribution in [0.3, 0.4) is 0 Å². The van der Waals surface area contributed by atoms with E-state index in [1.54, 1.807) is 6.08 Å². The van der Waals surface area contributed by atoms with E-state index in [0.29, 0.717) is 0 Å². The van der Waals surface area contributed by atoms with Crippen molar-refractivity contribution < 1.29 is 0 Å². The smallest absolute Gasteiger partial charge is 0.0540 e. The number of allylic oxidation sites excluding steroid dienone is 4. The van der Waals surface area contributed by atoms with Crippen molar-refractivity contribution in [1.29, 1.82) is 0 Å². The van der Waals surface area contributed by atoms with E-state index < -0.39 is 0 Å². The number of nitrogens with zero attached hydrogens (tertiary/aromatic N) is 1. The van der Waals surface area contributed by atoms with Gasteiger partial charge in [0.25, 0.3) is 0 Å². The van der Waals surface area contributed by atoms with Crippen LogP contribution in [0.5, 0.6) is 0 Å². The molecule has 0 aliphatic heterocycles. The van der Waals surface area contributed by atoms with E-state index in [1.807, 2.05) is 12.2 Å². The first-order valence-corrected chi connectivity index (χ1v) is 14.3. The molecule has 6 aromatic rings. The zero-order valence-corrected chi connectivity index (χ0v) is 23.9. The molecule has 0 bridgehead atoms. The molecule has 0 saturated carbocycles. The van der Waals surface area contributed by atoms with Gasteiger partial charge in [-0.05, 0) is 76.0 Å². The van der Waals surface area contributed by atoms with E-state index in [9.17, 15) is 0 Å². The van der Waals surface area contributed by atoms with Gasteiger partial charge in [0.05, 0.1) is 5.69 Å². The van der Waals surface area contributed by atoms with Gasteiger partial charge in [0.15, 0.2) is 0 Å². The number of hydrogen-bond acceptors (Lipinski definition) is 1. The lowest BCUT2D eigenvalue weighted by molar-refractivity contribution is 1.29. The Balaban J connectivity index is 1.38. The van der Waals surface area contributed by atoms with Crippen LogP contribution in [0.25, 0.3) is 38.6 Å². The largest absolute Gasteiger partial charge is 0.310 e. The summed E-state index contributed by atoms with van der Waals surface area (Å²) in [6.45, 7) is 9.94. The van der Waals surface area contributed by atoms with Crippen molar-refractivity contribution in [3.8, 4) is 22.3 Å². The highest BCUT2D eigenvalue weighted by atomic mass is 15.1. The van der Waals surface area contributed by atoms with E-state index in [-0.39, 0.29) is 0 Å². The fourth-order valence-electron chi connectivity index (χ4n) is 5.45. The van der Waals surface area contributed by atoms with Gasteiger partial charge >= 0.3 is 0 Å². The topological polar surface area (TPSA) is 3.24 Å². The lowest BCUT2D eigenvalue weighted by Gasteiger charge is -2.27. The normalized spacial score (nSPS) is 11.3. The van der Waals surface area contributed by atoms with Crippen LogP contribution >= 0.6 is 0 Å². The van der Waals surface area contributed by atoms with Gasteiger partial charge in [0, 0.05) is 16.8 Å². The zero-order valence-electron chi connectivity index (χ0n) is 23.9. The van der Waals surface area contributed by atoms with Gasteiger partial charge in [-0.3, -0.25) is 0 Å². The van der Waals surface area contributed by atoms with E-state index >= 15 is 0 Å². The minimum Gasteiger partial charge on any atom is -0.310 e. The lowest BCUT2D eigenvalue weighted by atomic mass is 9.99. The molecule has 0 unspecified atom stereocenters. The van der Waals surface area contributed by atoms with Crippen molar-refractivity contribution in [3.63, 3.8) is 0 Å². The summed E-state index contributed by atoms with van der Waals surface area (Å²) in [5.74, 6) is 0. The molecule has 0 saturated heterocycles. The third-order valence-electron chi connectivity index (χ3n) is 7.71. The van der Waals surface area contributed by atoms with Crippen molar-refractivity contribution in [3.05, 3.63) is 182 Å². The molecule has 1 heteroatoms. The van der Waals surface area contributed by atoms with Gasteiger partial charge in [-0.15, -0.1) is 0 Å². The maximum atomic E-state index is 3.97. The molecule has 42 heavy (non-hydrogen) atoms. The average molecular weight is 540 g/mol. The van der Waals surface area contributed by atoms with Crippen LogP contribution in [0, 0.1) is 6.92 Å². The van der Waals surface area contributed by atoms with Crippen molar-refractivity contribution >= 4 is 33.4 Å². The van der Waals surface area contributed by atoms with Gasteiger partial charge in [0.1, 0.15) is 0 Å². The lowest BCUT2D eigenvalue weighted by Crippen LogP contribution is -2.10. The molecule has 202 valence electrons. The molecule has 0 aliphatic carbocycles. The number of anilines is 3. The van der Waals surface area contributed by atoms with E-state index in [0.717, 1.165) is 28.2 Å². The molecule has 0 atom stereocenters. The molecule has 0 amide bonds. The summed E-state index contributed by atoms with van der Waals surface area (Å²) >= 11 is 0. The summed E-state index contributed by atoms with van der Waals surface area (Å²) in [6.07, 6.45) is 5.65. The quantitative estimate of drug-likeness (QED) is 0.174. The SMILES string of the molecule is C=C/C=C(\C=C)c1ccc(N(c2ccc(-c3ccc(-c4ccc(C)cc4)cc3)cc2)c2cccc3ccccc23)cc1. The van der Waals surface area contributed by atoms with Gasteiger partial charge in [-0.25, -0.2) is 0 Å². The predicted molar refractivity (Wildman–Crippen MR) is 183 cm³/mol. The number of rotatable bonds is 8. The first-order valence-electron chi connectivity index (χ1n) is 14.3. The number of benzene rings is 6. The second-order valence-corrected chi connectivity index (χ2v) is 10.4. The minimum atomic E-state index is 1.05. The van der Waals surface area contributed by atoms with Crippen LogP contribution in [0.2, 0.25) is 0 Å². The summed E-state index contributed by atoms with van der Waals surface area (Å²) in [7, 11) is 0. The van der Waals surface area contributed by atoms with Crippen molar-refractivity contribution in [2.24, 2.45) is 0 Å². The second kappa shape index (κ2) is 12.0. The van der Waals surface area contributed by atoms with Gasteiger partial charge in [-0.2, -0.15) is 0 Å². The van der Waals surface area contributed by atoms with E-state index in [2.05, 4.69) is 165 Å². The highest BCUT2D eigenvalue weighted by Crippen LogP contribution is 2.40. The van der Waals surface area contributed by atoms with E-state index in [1.165, 1.54) is 38.6 Å². The van der Waals surface area contributed by atoms with Crippen LogP contribution in [0.4, 0.5) is 17.1 Å². The molecule has 0 fully saturated rings. The Hall–Kier alpha value is -5.40. The Labute approximate surface area is 249 Å². The second-order valence-electron chi connectivity index (χ2n) is 10.4. The molecule has 0 N–H and O–H groups in total. The van der Waals surface area contributed by atoms with E-state index in [4.69, 9.17) is 0 Å². The third-order valence-corrected chi connectivity index (χ3v) is 7.71. The van der Waals surface area contributed by atoms with Crippen LogP contribution in [-0.4, -0.2) is 0 Å². The van der Waals surface area contributed by atoms with Crippen LogP contribution < -0.4 is 4.90 Å². The van der Waals surface area contributed by atoms with Crippen molar-refractivity contribution in [2.75, 3.05) is 4.90 Å². The number of aryl methyl sites for hydroxylation is 1. The van der Waals surface area contributed by atoms with Crippen LogP contribution in [0.15, 0.2) is 171 Å². The summed E-state index contributed by atoms with van der Waals surface area (Å²) in [5.41, 5.74) is 11.6. The van der Waals surface area contributed by atoms with Gasteiger partial charge in [-0.1, -0.05) is 146 Å². The fourth-order valence-corrected chi connectivity index (χ4v) is 5.45.